The first-order valence-corrected chi connectivity index (χ1v) is 5.29. The van der Waals surface area contributed by atoms with Crippen LogP contribution in [0.2, 0.25) is 0 Å². The minimum atomic E-state index is -0.924. The summed E-state index contributed by atoms with van der Waals surface area (Å²) in [5, 5.41) is 8.77. The maximum atomic E-state index is 10.7. The molecule has 4 heteroatoms. The Labute approximate surface area is 98.9 Å². The Hall–Kier alpha value is -2.10. The number of aromatic nitrogens is 1. The van der Waals surface area contributed by atoms with Gasteiger partial charge in [-0.1, -0.05) is 12.1 Å². The summed E-state index contributed by atoms with van der Waals surface area (Å²) < 4.78 is 5.11. The largest absolute Gasteiger partial charge is 0.481 e. The second-order valence-corrected chi connectivity index (χ2v) is 3.99. The molecule has 0 saturated carbocycles. The molecule has 0 saturated heterocycles. The molecule has 1 aromatic heterocycles. The van der Waals surface area contributed by atoms with Crippen molar-refractivity contribution >= 4 is 5.97 Å². The van der Waals surface area contributed by atoms with Gasteiger partial charge < -0.3 is 9.52 Å². The van der Waals surface area contributed by atoms with Crippen LogP contribution in [0.25, 0.3) is 11.3 Å². The summed E-state index contributed by atoms with van der Waals surface area (Å²) in [6.45, 7) is 4.04. The Morgan fingerprint density at radius 3 is 2.76 bits per heavy atom. The standard InChI is InChI=1S/C13H13NO3/c1-8-3-4-10(5-9(8)2)13-11(6-12(15)16)17-7-14-13/h3-5,7H,6H2,1-2H3,(H,15,16). The van der Waals surface area contributed by atoms with E-state index in [4.69, 9.17) is 9.52 Å². The molecule has 4 nitrogen and oxygen atoms in total. The van der Waals surface area contributed by atoms with Crippen molar-refractivity contribution in [2.45, 2.75) is 20.3 Å². The molecule has 0 radical (unpaired) electrons. The van der Waals surface area contributed by atoms with E-state index >= 15 is 0 Å². The van der Waals surface area contributed by atoms with E-state index in [9.17, 15) is 4.79 Å². The molecule has 0 aliphatic rings. The van der Waals surface area contributed by atoms with E-state index < -0.39 is 5.97 Å². The molecule has 0 unspecified atom stereocenters. The van der Waals surface area contributed by atoms with Gasteiger partial charge in [0.15, 0.2) is 6.39 Å². The monoisotopic (exact) mass is 231 g/mol. The van der Waals surface area contributed by atoms with Gasteiger partial charge in [-0.05, 0) is 31.0 Å². The molecule has 0 aliphatic carbocycles. The molecular formula is C13H13NO3. The van der Waals surface area contributed by atoms with Crippen LogP contribution in [0, 0.1) is 13.8 Å². The van der Waals surface area contributed by atoms with Gasteiger partial charge in [0.1, 0.15) is 17.9 Å². The Bertz CT molecular complexity index is 558. The van der Waals surface area contributed by atoms with Gasteiger partial charge in [-0.3, -0.25) is 4.79 Å². The number of carbonyl (C=O) groups is 1. The molecule has 1 aromatic carbocycles. The van der Waals surface area contributed by atoms with Crippen molar-refractivity contribution in [1.29, 1.82) is 0 Å². The van der Waals surface area contributed by atoms with E-state index in [2.05, 4.69) is 4.98 Å². The molecule has 1 heterocycles. The highest BCUT2D eigenvalue weighted by Gasteiger charge is 2.14. The van der Waals surface area contributed by atoms with Crippen molar-refractivity contribution in [2.24, 2.45) is 0 Å². The molecule has 0 aliphatic heterocycles. The van der Waals surface area contributed by atoms with Crippen LogP contribution in [0.3, 0.4) is 0 Å². The van der Waals surface area contributed by atoms with Crippen LogP contribution in [0.1, 0.15) is 16.9 Å². The highest BCUT2D eigenvalue weighted by Crippen LogP contribution is 2.24. The number of hydrogen-bond acceptors (Lipinski definition) is 3. The summed E-state index contributed by atoms with van der Waals surface area (Å²) >= 11 is 0. The zero-order valence-corrected chi connectivity index (χ0v) is 9.73. The smallest absolute Gasteiger partial charge is 0.311 e. The van der Waals surface area contributed by atoms with Crippen molar-refractivity contribution in [2.75, 3.05) is 0 Å². The number of oxazole rings is 1. The average molecular weight is 231 g/mol. The first-order valence-electron chi connectivity index (χ1n) is 5.29. The maximum Gasteiger partial charge on any atom is 0.311 e. The average Bonchev–Trinajstić information content (AvgIpc) is 2.69. The summed E-state index contributed by atoms with van der Waals surface area (Å²) in [6, 6.07) is 5.90. The lowest BCUT2D eigenvalue weighted by atomic mass is 10.0. The predicted octanol–water partition coefficient (Wildman–Crippen LogP) is 2.59. The Morgan fingerprint density at radius 2 is 2.12 bits per heavy atom. The lowest BCUT2D eigenvalue weighted by Gasteiger charge is -2.03. The van der Waals surface area contributed by atoms with Crippen molar-refractivity contribution in [3.63, 3.8) is 0 Å². The number of nitrogens with zero attached hydrogens (tertiary/aromatic N) is 1. The van der Waals surface area contributed by atoms with E-state index in [1.54, 1.807) is 0 Å². The van der Waals surface area contributed by atoms with Crippen LogP contribution in [0.15, 0.2) is 29.0 Å². The zero-order valence-electron chi connectivity index (χ0n) is 9.73. The van der Waals surface area contributed by atoms with Crippen molar-refractivity contribution in [1.82, 2.24) is 4.98 Å². The van der Waals surface area contributed by atoms with Crippen LogP contribution in [-0.2, 0) is 11.2 Å². The minimum absolute atomic E-state index is 0.151. The minimum Gasteiger partial charge on any atom is -0.481 e. The van der Waals surface area contributed by atoms with Crippen LogP contribution in [-0.4, -0.2) is 16.1 Å². The maximum absolute atomic E-state index is 10.7. The third-order valence-electron chi connectivity index (χ3n) is 2.73. The summed E-state index contributed by atoms with van der Waals surface area (Å²) in [7, 11) is 0. The van der Waals surface area contributed by atoms with E-state index in [0.717, 1.165) is 11.1 Å². The van der Waals surface area contributed by atoms with Gasteiger partial charge in [0.05, 0.1) is 0 Å². The van der Waals surface area contributed by atoms with Gasteiger partial charge in [-0.25, -0.2) is 4.98 Å². The van der Waals surface area contributed by atoms with Crippen LogP contribution in [0.4, 0.5) is 0 Å². The van der Waals surface area contributed by atoms with Gasteiger partial charge in [-0.2, -0.15) is 0 Å². The second-order valence-electron chi connectivity index (χ2n) is 3.99. The van der Waals surface area contributed by atoms with Gasteiger partial charge in [0.2, 0.25) is 0 Å². The Balaban J connectivity index is 2.42. The van der Waals surface area contributed by atoms with Gasteiger partial charge in [0, 0.05) is 5.56 Å². The van der Waals surface area contributed by atoms with Gasteiger partial charge in [-0.15, -0.1) is 0 Å². The second kappa shape index (κ2) is 4.41. The lowest BCUT2D eigenvalue weighted by molar-refractivity contribution is -0.136. The highest BCUT2D eigenvalue weighted by atomic mass is 16.4. The predicted molar refractivity (Wildman–Crippen MR) is 62.8 cm³/mol. The lowest BCUT2D eigenvalue weighted by Crippen LogP contribution is -2.00. The fourth-order valence-corrected chi connectivity index (χ4v) is 1.66. The van der Waals surface area contributed by atoms with Gasteiger partial charge in [0.25, 0.3) is 0 Å². The Morgan fingerprint density at radius 1 is 1.35 bits per heavy atom. The van der Waals surface area contributed by atoms with Crippen LogP contribution >= 0.6 is 0 Å². The molecule has 2 aromatic rings. The molecule has 0 amide bonds. The molecule has 17 heavy (non-hydrogen) atoms. The van der Waals surface area contributed by atoms with Crippen LogP contribution < -0.4 is 0 Å². The molecule has 2 rings (SSSR count). The zero-order chi connectivity index (χ0) is 12.4. The first kappa shape index (κ1) is 11.4. The summed E-state index contributed by atoms with van der Waals surface area (Å²) in [4.78, 5) is 14.8. The van der Waals surface area contributed by atoms with E-state index in [1.807, 2.05) is 32.0 Å². The number of rotatable bonds is 3. The number of carboxylic acid groups (broad SMARTS) is 1. The molecule has 0 atom stereocenters. The third kappa shape index (κ3) is 2.36. The van der Waals surface area contributed by atoms with Crippen molar-refractivity contribution < 1.29 is 14.3 Å². The quantitative estimate of drug-likeness (QED) is 0.881. The molecule has 1 N–H and O–H groups in total. The first-order chi connectivity index (χ1) is 8.08. The molecule has 0 spiro atoms. The number of aliphatic carboxylic acids is 1. The van der Waals surface area contributed by atoms with E-state index in [0.29, 0.717) is 11.5 Å². The van der Waals surface area contributed by atoms with Crippen molar-refractivity contribution in [3.8, 4) is 11.3 Å². The highest BCUT2D eigenvalue weighted by molar-refractivity contribution is 5.73. The molecule has 0 fully saturated rings. The van der Waals surface area contributed by atoms with E-state index in [1.165, 1.54) is 12.0 Å². The SMILES string of the molecule is Cc1ccc(-c2ncoc2CC(=O)O)cc1C. The summed E-state index contributed by atoms with van der Waals surface area (Å²) in [5.41, 5.74) is 3.83. The number of hydrogen-bond donors (Lipinski definition) is 1. The summed E-state index contributed by atoms with van der Waals surface area (Å²) in [6.07, 6.45) is 1.13. The fourth-order valence-electron chi connectivity index (χ4n) is 1.66. The number of carboxylic acids is 1. The van der Waals surface area contributed by atoms with E-state index in [-0.39, 0.29) is 6.42 Å². The summed E-state index contributed by atoms with van der Waals surface area (Å²) in [5.74, 6) is -0.535. The Kier molecular flexibility index (Phi) is 2.95. The fraction of sp³-hybridized carbons (Fsp3) is 0.231. The van der Waals surface area contributed by atoms with Crippen molar-refractivity contribution in [3.05, 3.63) is 41.5 Å². The number of aryl methyl sites for hydroxylation is 2. The third-order valence-corrected chi connectivity index (χ3v) is 2.73. The van der Waals surface area contributed by atoms with Crippen LogP contribution in [0.5, 0.6) is 0 Å². The molecule has 0 bridgehead atoms. The van der Waals surface area contributed by atoms with Gasteiger partial charge >= 0.3 is 5.97 Å². The molecule has 88 valence electrons. The topological polar surface area (TPSA) is 63.3 Å². The number of benzene rings is 1. The molecular weight excluding hydrogens is 218 g/mol. The normalized spacial score (nSPS) is 10.5.